The van der Waals surface area contributed by atoms with Gasteiger partial charge in [0.25, 0.3) is 0 Å². The molecule has 0 amide bonds. The molecule has 1 N–H and O–H groups in total. The minimum absolute atomic E-state index is 0.0621. The van der Waals surface area contributed by atoms with Crippen LogP contribution >= 0.6 is 0 Å². The molecule has 2 rings (SSSR count). The van der Waals surface area contributed by atoms with Crippen molar-refractivity contribution < 1.29 is 17.9 Å². The van der Waals surface area contributed by atoms with Crippen LogP contribution in [0.1, 0.15) is 39.7 Å². The number of benzene rings is 1. The Balaban J connectivity index is 1.88. The van der Waals surface area contributed by atoms with Crippen LogP contribution in [0, 0.1) is 0 Å². The third-order valence-corrected chi connectivity index (χ3v) is 4.94. The SMILES string of the molecule is CC(C)NS(=O)(=O)CCCOc1cccc2c1OC(C)(C)C2. The summed E-state index contributed by atoms with van der Waals surface area (Å²) in [6, 6.07) is 5.75. The summed E-state index contributed by atoms with van der Waals surface area (Å²) >= 11 is 0. The van der Waals surface area contributed by atoms with Gasteiger partial charge in [0.2, 0.25) is 10.0 Å². The lowest BCUT2D eigenvalue weighted by Crippen LogP contribution is -2.32. The topological polar surface area (TPSA) is 64.6 Å². The third kappa shape index (κ3) is 4.61. The molecule has 124 valence electrons. The van der Waals surface area contributed by atoms with Crippen LogP contribution in [0.4, 0.5) is 0 Å². The average Bonchev–Trinajstić information content (AvgIpc) is 2.67. The summed E-state index contributed by atoms with van der Waals surface area (Å²) in [6.45, 7) is 8.04. The Kier molecular flexibility index (Phi) is 5.02. The van der Waals surface area contributed by atoms with Crippen LogP contribution in [0.15, 0.2) is 18.2 Å². The lowest BCUT2D eigenvalue weighted by atomic mass is 10.0. The van der Waals surface area contributed by atoms with E-state index in [4.69, 9.17) is 9.47 Å². The molecule has 0 saturated heterocycles. The van der Waals surface area contributed by atoms with Gasteiger partial charge in [0, 0.05) is 18.0 Å². The second-order valence-electron chi connectivity index (χ2n) is 6.58. The van der Waals surface area contributed by atoms with Crippen molar-refractivity contribution in [2.24, 2.45) is 0 Å². The molecule has 6 heteroatoms. The Morgan fingerprint density at radius 3 is 2.77 bits per heavy atom. The summed E-state index contributed by atoms with van der Waals surface area (Å²) in [4.78, 5) is 0. The number of sulfonamides is 1. The van der Waals surface area contributed by atoms with Crippen molar-refractivity contribution in [3.63, 3.8) is 0 Å². The van der Waals surface area contributed by atoms with E-state index in [9.17, 15) is 8.42 Å². The van der Waals surface area contributed by atoms with Gasteiger partial charge in [-0.05, 0) is 40.2 Å². The molecule has 1 heterocycles. The van der Waals surface area contributed by atoms with E-state index in [0.717, 1.165) is 17.7 Å². The van der Waals surface area contributed by atoms with Crippen LogP contribution in [0.2, 0.25) is 0 Å². The first-order valence-electron chi connectivity index (χ1n) is 7.62. The van der Waals surface area contributed by atoms with E-state index in [2.05, 4.69) is 4.72 Å². The number of hydrogen-bond acceptors (Lipinski definition) is 4. The molecule has 0 aliphatic carbocycles. The average molecular weight is 327 g/mol. The molecule has 0 atom stereocenters. The molecule has 1 aromatic carbocycles. The van der Waals surface area contributed by atoms with E-state index in [1.54, 1.807) is 13.8 Å². The van der Waals surface area contributed by atoms with E-state index >= 15 is 0 Å². The minimum atomic E-state index is -3.23. The summed E-state index contributed by atoms with van der Waals surface area (Å²) < 4.78 is 37.7. The van der Waals surface area contributed by atoms with Gasteiger partial charge in [-0.2, -0.15) is 0 Å². The van der Waals surface area contributed by atoms with Gasteiger partial charge in [0.05, 0.1) is 12.4 Å². The van der Waals surface area contributed by atoms with E-state index in [1.165, 1.54) is 0 Å². The van der Waals surface area contributed by atoms with Gasteiger partial charge in [0.15, 0.2) is 11.5 Å². The molecule has 0 spiro atoms. The Morgan fingerprint density at radius 2 is 2.09 bits per heavy atom. The van der Waals surface area contributed by atoms with Gasteiger partial charge in [0.1, 0.15) is 5.60 Å². The van der Waals surface area contributed by atoms with Crippen molar-refractivity contribution in [1.29, 1.82) is 0 Å². The fourth-order valence-corrected chi connectivity index (χ4v) is 3.88. The van der Waals surface area contributed by atoms with Crippen LogP contribution in [0.25, 0.3) is 0 Å². The van der Waals surface area contributed by atoms with Crippen molar-refractivity contribution in [3.8, 4) is 11.5 Å². The molecule has 0 unspecified atom stereocenters. The minimum Gasteiger partial charge on any atom is -0.490 e. The molecule has 1 aliphatic rings. The first-order valence-corrected chi connectivity index (χ1v) is 9.27. The maximum absolute atomic E-state index is 11.7. The van der Waals surface area contributed by atoms with Gasteiger partial charge in [-0.15, -0.1) is 0 Å². The van der Waals surface area contributed by atoms with Crippen LogP contribution in [0.5, 0.6) is 11.5 Å². The number of para-hydroxylation sites is 1. The summed E-state index contributed by atoms with van der Waals surface area (Å²) in [5, 5.41) is 0. The molecule has 0 bridgehead atoms. The number of ether oxygens (including phenoxy) is 2. The lowest BCUT2D eigenvalue weighted by molar-refractivity contribution is 0.132. The Hall–Kier alpha value is -1.27. The van der Waals surface area contributed by atoms with Gasteiger partial charge in [-0.1, -0.05) is 12.1 Å². The number of nitrogens with one attached hydrogen (secondary N) is 1. The van der Waals surface area contributed by atoms with Crippen molar-refractivity contribution in [2.75, 3.05) is 12.4 Å². The smallest absolute Gasteiger partial charge is 0.211 e. The van der Waals surface area contributed by atoms with Gasteiger partial charge in [-0.25, -0.2) is 13.1 Å². The third-order valence-electron chi connectivity index (χ3n) is 3.29. The van der Waals surface area contributed by atoms with Crippen molar-refractivity contribution >= 4 is 10.0 Å². The summed E-state index contributed by atoms with van der Waals surface area (Å²) in [7, 11) is -3.23. The summed E-state index contributed by atoms with van der Waals surface area (Å²) in [5.74, 6) is 1.54. The summed E-state index contributed by atoms with van der Waals surface area (Å²) in [6.07, 6.45) is 1.29. The molecule has 22 heavy (non-hydrogen) atoms. The van der Waals surface area contributed by atoms with E-state index < -0.39 is 10.0 Å². The molecule has 1 aromatic rings. The van der Waals surface area contributed by atoms with Gasteiger partial charge < -0.3 is 9.47 Å². The second-order valence-corrected chi connectivity index (χ2v) is 8.45. The van der Waals surface area contributed by atoms with Crippen molar-refractivity contribution in [1.82, 2.24) is 4.72 Å². The Labute approximate surface area is 133 Å². The molecule has 1 aliphatic heterocycles. The number of hydrogen-bond donors (Lipinski definition) is 1. The van der Waals surface area contributed by atoms with Crippen molar-refractivity contribution in [3.05, 3.63) is 23.8 Å². The molecule has 0 saturated carbocycles. The number of fused-ring (bicyclic) bond motifs is 1. The van der Waals surface area contributed by atoms with Crippen molar-refractivity contribution in [2.45, 2.75) is 52.2 Å². The first kappa shape index (κ1) is 17.1. The Bertz CT molecular complexity index is 623. The lowest BCUT2D eigenvalue weighted by Gasteiger charge is -2.18. The predicted molar refractivity (Wildman–Crippen MR) is 87.0 cm³/mol. The highest BCUT2D eigenvalue weighted by molar-refractivity contribution is 7.89. The molecule has 0 fully saturated rings. The quantitative estimate of drug-likeness (QED) is 0.782. The standard InChI is InChI=1S/C16H25NO4S/c1-12(2)17-22(18,19)10-6-9-20-14-8-5-7-13-11-16(3,4)21-15(13)14/h5,7-8,12,17H,6,9-11H2,1-4H3. The zero-order valence-electron chi connectivity index (χ0n) is 13.7. The van der Waals surface area contributed by atoms with Crippen LogP contribution in [0.3, 0.4) is 0 Å². The fourth-order valence-electron chi connectivity index (χ4n) is 2.55. The van der Waals surface area contributed by atoms with Crippen LogP contribution in [-0.4, -0.2) is 32.4 Å². The molecule has 0 radical (unpaired) electrons. The summed E-state index contributed by atoms with van der Waals surface area (Å²) in [5.41, 5.74) is 0.920. The van der Waals surface area contributed by atoms with Crippen LogP contribution in [-0.2, 0) is 16.4 Å². The molecule has 5 nitrogen and oxygen atoms in total. The predicted octanol–water partition coefficient (Wildman–Crippen LogP) is 2.50. The van der Waals surface area contributed by atoms with Gasteiger partial charge >= 0.3 is 0 Å². The molecular weight excluding hydrogens is 302 g/mol. The molecule has 0 aromatic heterocycles. The van der Waals surface area contributed by atoms with E-state index in [0.29, 0.717) is 18.8 Å². The fraction of sp³-hybridized carbons (Fsp3) is 0.625. The highest BCUT2D eigenvalue weighted by Crippen LogP contribution is 2.41. The zero-order chi connectivity index (χ0) is 16.4. The van der Waals surface area contributed by atoms with E-state index in [1.807, 2.05) is 32.0 Å². The normalized spacial score (nSPS) is 16.4. The van der Waals surface area contributed by atoms with E-state index in [-0.39, 0.29) is 17.4 Å². The largest absolute Gasteiger partial charge is 0.490 e. The maximum atomic E-state index is 11.7. The first-order chi connectivity index (χ1) is 10.2. The number of rotatable bonds is 7. The zero-order valence-corrected chi connectivity index (χ0v) is 14.5. The van der Waals surface area contributed by atoms with Crippen LogP contribution < -0.4 is 14.2 Å². The Morgan fingerprint density at radius 1 is 1.36 bits per heavy atom. The molecular formula is C16H25NO4S. The van der Waals surface area contributed by atoms with Gasteiger partial charge in [-0.3, -0.25) is 0 Å². The second kappa shape index (κ2) is 6.46. The highest BCUT2D eigenvalue weighted by atomic mass is 32.2. The monoisotopic (exact) mass is 327 g/mol. The maximum Gasteiger partial charge on any atom is 0.211 e. The highest BCUT2D eigenvalue weighted by Gasteiger charge is 2.32.